The topological polar surface area (TPSA) is 58.7 Å². The van der Waals surface area contributed by atoms with Crippen LogP contribution in [0.15, 0.2) is 51.7 Å². The van der Waals surface area contributed by atoms with E-state index in [1.54, 1.807) is 22.8 Å². The Morgan fingerprint density at radius 3 is 2.73 bits per heavy atom. The molecule has 0 unspecified atom stereocenters. The van der Waals surface area contributed by atoms with Gasteiger partial charge in [0.25, 0.3) is 0 Å². The highest BCUT2D eigenvalue weighted by Crippen LogP contribution is 2.32. The molecule has 2 aliphatic heterocycles. The summed E-state index contributed by atoms with van der Waals surface area (Å²) in [5.41, 5.74) is 3.58. The lowest BCUT2D eigenvalue weighted by atomic mass is 10.0. The quantitative estimate of drug-likeness (QED) is 0.639. The SMILES string of the molecule is C[C@@H]1Cc2ccccc2N1C(=O)CN1CCC(n2c(=O)oc3ccc(Cl)cc32)CC1. The van der Waals surface area contributed by atoms with Gasteiger partial charge in [-0.25, -0.2) is 4.79 Å². The largest absolute Gasteiger partial charge is 0.420 e. The van der Waals surface area contributed by atoms with Crippen LogP contribution in [0, 0.1) is 0 Å². The summed E-state index contributed by atoms with van der Waals surface area (Å²) in [6, 6.07) is 13.6. The van der Waals surface area contributed by atoms with Crippen molar-refractivity contribution in [3.05, 3.63) is 63.6 Å². The molecule has 2 aliphatic rings. The van der Waals surface area contributed by atoms with Crippen LogP contribution in [0.3, 0.4) is 0 Å². The van der Waals surface area contributed by atoms with Crippen LogP contribution in [0.4, 0.5) is 5.69 Å². The van der Waals surface area contributed by atoms with Gasteiger partial charge in [0.05, 0.1) is 12.1 Å². The molecular weight excluding hydrogens is 402 g/mol. The number of oxazole rings is 1. The predicted molar refractivity (Wildman–Crippen MR) is 117 cm³/mol. The third kappa shape index (κ3) is 3.34. The van der Waals surface area contributed by atoms with Crippen LogP contribution >= 0.6 is 11.6 Å². The Kier molecular flexibility index (Phi) is 4.91. The molecule has 3 aromatic rings. The number of fused-ring (bicyclic) bond motifs is 2. The van der Waals surface area contributed by atoms with Gasteiger partial charge in [0.15, 0.2) is 5.58 Å². The second-order valence-corrected chi connectivity index (χ2v) is 8.74. The van der Waals surface area contributed by atoms with Gasteiger partial charge in [-0.15, -0.1) is 0 Å². The molecule has 156 valence electrons. The second kappa shape index (κ2) is 7.60. The van der Waals surface area contributed by atoms with Crippen LogP contribution in [0.2, 0.25) is 5.02 Å². The van der Waals surface area contributed by atoms with E-state index >= 15 is 0 Å². The molecule has 0 saturated carbocycles. The number of hydrogen-bond donors (Lipinski definition) is 0. The van der Waals surface area contributed by atoms with Crippen LogP contribution < -0.4 is 10.7 Å². The van der Waals surface area contributed by atoms with E-state index in [2.05, 4.69) is 17.9 Å². The van der Waals surface area contributed by atoms with E-state index in [0.29, 0.717) is 17.2 Å². The molecule has 3 heterocycles. The highest BCUT2D eigenvalue weighted by molar-refractivity contribution is 6.31. The fraction of sp³-hybridized carbons (Fsp3) is 0.391. The zero-order chi connectivity index (χ0) is 20.8. The first-order chi connectivity index (χ1) is 14.5. The van der Waals surface area contributed by atoms with Crippen molar-refractivity contribution in [2.45, 2.75) is 38.3 Å². The van der Waals surface area contributed by atoms with Gasteiger partial charge >= 0.3 is 5.76 Å². The van der Waals surface area contributed by atoms with Gasteiger partial charge in [-0.3, -0.25) is 14.3 Å². The van der Waals surface area contributed by atoms with E-state index in [1.807, 2.05) is 23.1 Å². The molecule has 0 N–H and O–H groups in total. The Bertz CT molecular complexity index is 1160. The van der Waals surface area contributed by atoms with Crippen molar-refractivity contribution in [3.63, 3.8) is 0 Å². The van der Waals surface area contributed by atoms with Crippen molar-refractivity contribution in [1.82, 2.24) is 9.47 Å². The summed E-state index contributed by atoms with van der Waals surface area (Å²) in [5.74, 6) is -0.201. The van der Waals surface area contributed by atoms with Crippen LogP contribution in [0.1, 0.15) is 31.4 Å². The molecular formula is C23H24ClN3O3. The maximum atomic E-state index is 13.1. The van der Waals surface area contributed by atoms with Crippen LogP contribution in [-0.4, -0.2) is 41.1 Å². The van der Waals surface area contributed by atoms with Crippen molar-refractivity contribution < 1.29 is 9.21 Å². The Morgan fingerprint density at radius 2 is 1.93 bits per heavy atom. The van der Waals surface area contributed by atoms with Crippen LogP contribution in [0.5, 0.6) is 0 Å². The standard InChI is InChI=1S/C23H24ClN3O3/c1-15-12-16-4-2-3-5-19(16)26(15)22(28)14-25-10-8-18(9-11-25)27-20-13-17(24)6-7-21(20)30-23(27)29/h2-7,13,15,18H,8-12,14H2,1H3/t15-/m1/s1. The Labute approximate surface area is 179 Å². The number of carbonyl (C=O) groups excluding carboxylic acids is 1. The number of para-hydroxylation sites is 1. The number of hydrogen-bond acceptors (Lipinski definition) is 4. The average Bonchev–Trinajstić information content (AvgIpc) is 3.23. The number of benzene rings is 2. The fourth-order valence-corrected chi connectivity index (χ4v) is 5.07. The lowest BCUT2D eigenvalue weighted by Gasteiger charge is -2.33. The van der Waals surface area contributed by atoms with Gasteiger partial charge in [-0.2, -0.15) is 0 Å². The van der Waals surface area contributed by atoms with Gasteiger partial charge < -0.3 is 9.32 Å². The minimum atomic E-state index is -0.343. The third-order valence-corrected chi connectivity index (χ3v) is 6.57. The third-order valence-electron chi connectivity index (χ3n) is 6.33. The van der Waals surface area contributed by atoms with E-state index in [4.69, 9.17) is 16.0 Å². The summed E-state index contributed by atoms with van der Waals surface area (Å²) in [5, 5.41) is 0.583. The number of rotatable bonds is 3. The number of piperidine rings is 1. The Balaban J connectivity index is 1.27. The summed E-state index contributed by atoms with van der Waals surface area (Å²) in [7, 11) is 0. The van der Waals surface area contributed by atoms with Gasteiger partial charge in [0, 0.05) is 35.9 Å². The molecule has 7 heteroatoms. The lowest BCUT2D eigenvalue weighted by molar-refractivity contribution is -0.120. The number of amides is 1. The fourth-order valence-electron chi connectivity index (χ4n) is 4.90. The molecule has 1 atom stereocenters. The maximum absolute atomic E-state index is 13.1. The molecule has 1 fully saturated rings. The highest BCUT2D eigenvalue weighted by atomic mass is 35.5. The summed E-state index contributed by atoms with van der Waals surface area (Å²) >= 11 is 6.12. The minimum Gasteiger partial charge on any atom is -0.408 e. The van der Waals surface area contributed by atoms with E-state index in [1.165, 1.54) is 5.56 Å². The highest BCUT2D eigenvalue weighted by Gasteiger charge is 2.32. The van der Waals surface area contributed by atoms with E-state index in [-0.39, 0.29) is 23.7 Å². The van der Waals surface area contributed by atoms with Crippen molar-refractivity contribution in [2.24, 2.45) is 0 Å². The van der Waals surface area contributed by atoms with Crippen molar-refractivity contribution in [1.29, 1.82) is 0 Å². The maximum Gasteiger partial charge on any atom is 0.420 e. The zero-order valence-electron chi connectivity index (χ0n) is 16.9. The molecule has 0 spiro atoms. The number of anilines is 1. The smallest absolute Gasteiger partial charge is 0.408 e. The molecule has 1 aromatic heterocycles. The molecule has 6 nitrogen and oxygen atoms in total. The van der Waals surface area contributed by atoms with E-state index in [9.17, 15) is 9.59 Å². The minimum absolute atomic E-state index is 0.0509. The number of aromatic nitrogens is 1. The normalized spacial score (nSPS) is 20.1. The van der Waals surface area contributed by atoms with Gasteiger partial charge in [-0.05, 0) is 56.0 Å². The molecule has 1 amide bonds. The number of nitrogens with zero attached hydrogens (tertiary/aromatic N) is 3. The van der Waals surface area contributed by atoms with Gasteiger partial charge in [0.1, 0.15) is 0 Å². The molecule has 0 bridgehead atoms. The van der Waals surface area contributed by atoms with Crippen molar-refractivity contribution in [3.8, 4) is 0 Å². The average molecular weight is 426 g/mol. The first-order valence-electron chi connectivity index (χ1n) is 10.4. The number of halogens is 1. The van der Waals surface area contributed by atoms with E-state index in [0.717, 1.165) is 43.6 Å². The molecule has 5 rings (SSSR count). The van der Waals surface area contributed by atoms with E-state index < -0.39 is 0 Å². The van der Waals surface area contributed by atoms with Crippen molar-refractivity contribution >= 4 is 34.3 Å². The lowest BCUT2D eigenvalue weighted by Crippen LogP contribution is -2.46. The predicted octanol–water partition coefficient (Wildman–Crippen LogP) is 3.86. The second-order valence-electron chi connectivity index (χ2n) is 8.30. The number of likely N-dealkylation sites (tertiary alicyclic amines) is 1. The first-order valence-corrected chi connectivity index (χ1v) is 10.8. The molecule has 0 radical (unpaired) electrons. The molecule has 30 heavy (non-hydrogen) atoms. The Hall–Kier alpha value is -2.57. The summed E-state index contributed by atoms with van der Waals surface area (Å²) in [6.07, 6.45) is 2.49. The van der Waals surface area contributed by atoms with Crippen LogP contribution in [0.25, 0.3) is 11.1 Å². The molecule has 0 aliphatic carbocycles. The monoisotopic (exact) mass is 425 g/mol. The zero-order valence-corrected chi connectivity index (χ0v) is 17.6. The number of carbonyl (C=O) groups is 1. The van der Waals surface area contributed by atoms with Gasteiger partial charge in [-0.1, -0.05) is 29.8 Å². The summed E-state index contributed by atoms with van der Waals surface area (Å²) in [4.78, 5) is 29.6. The summed E-state index contributed by atoms with van der Waals surface area (Å²) < 4.78 is 7.11. The Morgan fingerprint density at radius 1 is 1.17 bits per heavy atom. The molecule has 2 aromatic carbocycles. The molecule has 1 saturated heterocycles. The van der Waals surface area contributed by atoms with Crippen molar-refractivity contribution in [2.75, 3.05) is 24.5 Å². The van der Waals surface area contributed by atoms with Crippen LogP contribution in [-0.2, 0) is 11.2 Å². The van der Waals surface area contributed by atoms with Gasteiger partial charge in [0.2, 0.25) is 5.91 Å². The summed E-state index contributed by atoms with van der Waals surface area (Å²) in [6.45, 7) is 4.03. The first kappa shape index (κ1) is 19.4.